The standard InChI is InChI=1S/C21H25BrN2O3/c1-14(15-7-9-16(22)10-8-15)23-21(25)24-17-11-12-19(26-2)20(13-17)27-18-5-3-4-6-18/h7-14,18H,3-6H2,1-2H3,(H2,23,24,25). The van der Waals surface area contributed by atoms with Crippen molar-refractivity contribution in [2.75, 3.05) is 12.4 Å². The highest BCUT2D eigenvalue weighted by Crippen LogP contribution is 2.34. The van der Waals surface area contributed by atoms with Crippen LogP contribution >= 0.6 is 15.9 Å². The van der Waals surface area contributed by atoms with Crippen molar-refractivity contribution in [3.05, 3.63) is 52.5 Å². The minimum absolute atomic E-state index is 0.106. The van der Waals surface area contributed by atoms with Gasteiger partial charge < -0.3 is 20.1 Å². The number of benzene rings is 2. The predicted molar refractivity (Wildman–Crippen MR) is 111 cm³/mol. The summed E-state index contributed by atoms with van der Waals surface area (Å²) in [6.07, 6.45) is 4.74. The van der Waals surface area contributed by atoms with Gasteiger partial charge in [-0.05, 0) is 62.4 Å². The van der Waals surface area contributed by atoms with Crippen LogP contribution in [0.5, 0.6) is 11.5 Å². The fraction of sp³-hybridized carbons (Fsp3) is 0.381. The van der Waals surface area contributed by atoms with Crippen molar-refractivity contribution in [2.24, 2.45) is 0 Å². The van der Waals surface area contributed by atoms with Gasteiger partial charge in [-0.25, -0.2) is 4.79 Å². The lowest BCUT2D eigenvalue weighted by Gasteiger charge is -2.18. The molecule has 2 aromatic carbocycles. The van der Waals surface area contributed by atoms with Crippen LogP contribution in [0.15, 0.2) is 46.9 Å². The molecule has 1 aliphatic carbocycles. The van der Waals surface area contributed by atoms with Crippen LogP contribution in [-0.4, -0.2) is 19.2 Å². The number of methoxy groups -OCH3 is 1. The molecule has 144 valence electrons. The molecule has 0 spiro atoms. The topological polar surface area (TPSA) is 59.6 Å². The minimum Gasteiger partial charge on any atom is -0.493 e. The number of rotatable bonds is 6. The smallest absolute Gasteiger partial charge is 0.319 e. The summed E-state index contributed by atoms with van der Waals surface area (Å²) >= 11 is 3.42. The first-order valence-electron chi connectivity index (χ1n) is 9.23. The predicted octanol–water partition coefficient (Wildman–Crippen LogP) is 5.66. The SMILES string of the molecule is COc1ccc(NC(=O)NC(C)c2ccc(Br)cc2)cc1OC1CCCC1. The Morgan fingerprint density at radius 1 is 1.11 bits per heavy atom. The molecule has 27 heavy (non-hydrogen) atoms. The summed E-state index contributed by atoms with van der Waals surface area (Å²) in [6.45, 7) is 1.95. The fourth-order valence-corrected chi connectivity index (χ4v) is 3.50. The summed E-state index contributed by atoms with van der Waals surface area (Å²) in [7, 11) is 1.62. The van der Waals surface area contributed by atoms with Gasteiger partial charge in [-0.3, -0.25) is 0 Å². The molecule has 0 aromatic heterocycles. The summed E-state index contributed by atoms with van der Waals surface area (Å²) in [6, 6.07) is 13.0. The summed E-state index contributed by atoms with van der Waals surface area (Å²) < 4.78 is 12.5. The van der Waals surface area contributed by atoms with Gasteiger partial charge in [0.15, 0.2) is 11.5 Å². The number of ether oxygens (including phenoxy) is 2. The van der Waals surface area contributed by atoms with Crippen LogP contribution in [0, 0.1) is 0 Å². The Labute approximate surface area is 168 Å². The van der Waals surface area contributed by atoms with E-state index in [1.54, 1.807) is 7.11 Å². The first-order valence-corrected chi connectivity index (χ1v) is 10.0. The second-order valence-electron chi connectivity index (χ2n) is 6.76. The first kappa shape index (κ1) is 19.5. The zero-order valence-corrected chi connectivity index (χ0v) is 17.2. The van der Waals surface area contributed by atoms with Crippen LogP contribution in [0.4, 0.5) is 10.5 Å². The third-order valence-corrected chi connectivity index (χ3v) is 5.26. The summed E-state index contributed by atoms with van der Waals surface area (Å²) in [4.78, 5) is 12.4. The van der Waals surface area contributed by atoms with Gasteiger partial charge in [-0.2, -0.15) is 0 Å². The van der Waals surface area contributed by atoms with Crippen molar-refractivity contribution >= 4 is 27.6 Å². The highest BCUT2D eigenvalue weighted by atomic mass is 79.9. The van der Waals surface area contributed by atoms with Crippen molar-refractivity contribution in [3.8, 4) is 11.5 Å². The maximum atomic E-state index is 12.4. The second-order valence-corrected chi connectivity index (χ2v) is 7.68. The number of halogens is 1. The molecule has 0 aliphatic heterocycles. The Bertz CT molecular complexity index is 773. The van der Waals surface area contributed by atoms with Crippen molar-refractivity contribution in [1.82, 2.24) is 5.32 Å². The molecule has 1 atom stereocenters. The molecule has 0 heterocycles. The van der Waals surface area contributed by atoms with E-state index in [0.29, 0.717) is 17.2 Å². The molecule has 3 rings (SSSR count). The van der Waals surface area contributed by atoms with Gasteiger partial charge in [0.1, 0.15) is 0 Å². The molecule has 6 heteroatoms. The van der Waals surface area contributed by atoms with Crippen molar-refractivity contribution in [3.63, 3.8) is 0 Å². The van der Waals surface area contributed by atoms with Crippen LogP contribution in [0.25, 0.3) is 0 Å². The zero-order chi connectivity index (χ0) is 19.2. The van der Waals surface area contributed by atoms with Gasteiger partial charge in [0, 0.05) is 16.2 Å². The Hall–Kier alpha value is -2.21. The average Bonchev–Trinajstić information content (AvgIpc) is 3.15. The van der Waals surface area contributed by atoms with Crippen LogP contribution in [0.2, 0.25) is 0 Å². The van der Waals surface area contributed by atoms with E-state index in [9.17, 15) is 4.79 Å². The number of carbonyl (C=O) groups is 1. The van der Waals surface area contributed by atoms with Gasteiger partial charge in [-0.1, -0.05) is 28.1 Å². The normalized spacial score (nSPS) is 15.2. The van der Waals surface area contributed by atoms with Crippen molar-refractivity contribution < 1.29 is 14.3 Å². The van der Waals surface area contributed by atoms with Crippen LogP contribution in [0.3, 0.4) is 0 Å². The number of urea groups is 1. The van der Waals surface area contributed by atoms with E-state index >= 15 is 0 Å². The lowest BCUT2D eigenvalue weighted by molar-refractivity contribution is 0.201. The minimum atomic E-state index is -0.262. The largest absolute Gasteiger partial charge is 0.493 e. The third-order valence-electron chi connectivity index (χ3n) is 4.73. The molecule has 1 saturated carbocycles. The number of anilines is 1. The number of hydrogen-bond acceptors (Lipinski definition) is 3. The molecule has 1 aliphatic rings. The maximum absolute atomic E-state index is 12.4. The monoisotopic (exact) mass is 432 g/mol. The Morgan fingerprint density at radius 3 is 2.48 bits per heavy atom. The maximum Gasteiger partial charge on any atom is 0.319 e. The molecule has 2 aromatic rings. The van der Waals surface area contributed by atoms with Gasteiger partial charge in [0.2, 0.25) is 0 Å². The van der Waals surface area contributed by atoms with Crippen molar-refractivity contribution in [1.29, 1.82) is 0 Å². The molecule has 5 nitrogen and oxygen atoms in total. The molecule has 2 amide bonds. The zero-order valence-electron chi connectivity index (χ0n) is 15.6. The molecule has 2 N–H and O–H groups in total. The van der Waals surface area contributed by atoms with Crippen LogP contribution in [0.1, 0.15) is 44.2 Å². The number of carbonyl (C=O) groups excluding carboxylic acids is 1. The van der Waals surface area contributed by atoms with E-state index in [1.807, 2.05) is 49.4 Å². The molecular formula is C21H25BrN2O3. The van der Waals surface area contributed by atoms with E-state index in [1.165, 1.54) is 12.8 Å². The van der Waals surface area contributed by atoms with E-state index in [0.717, 1.165) is 22.9 Å². The van der Waals surface area contributed by atoms with Crippen LogP contribution < -0.4 is 20.1 Å². The highest BCUT2D eigenvalue weighted by molar-refractivity contribution is 9.10. The van der Waals surface area contributed by atoms with Gasteiger partial charge >= 0.3 is 6.03 Å². The fourth-order valence-electron chi connectivity index (χ4n) is 3.23. The Kier molecular flexibility index (Phi) is 6.61. The molecule has 1 unspecified atom stereocenters. The lowest BCUT2D eigenvalue weighted by Crippen LogP contribution is -2.31. The third kappa shape index (κ3) is 5.39. The van der Waals surface area contributed by atoms with E-state index in [2.05, 4.69) is 26.6 Å². The summed E-state index contributed by atoms with van der Waals surface area (Å²) in [5.74, 6) is 1.35. The van der Waals surface area contributed by atoms with E-state index in [-0.39, 0.29) is 18.2 Å². The molecule has 0 saturated heterocycles. The summed E-state index contributed by atoms with van der Waals surface area (Å²) in [5.41, 5.74) is 1.71. The molecule has 0 bridgehead atoms. The van der Waals surface area contributed by atoms with Gasteiger partial charge in [0.25, 0.3) is 0 Å². The number of hydrogen-bond donors (Lipinski definition) is 2. The van der Waals surface area contributed by atoms with Gasteiger partial charge in [0.05, 0.1) is 19.3 Å². The van der Waals surface area contributed by atoms with E-state index < -0.39 is 0 Å². The van der Waals surface area contributed by atoms with Gasteiger partial charge in [-0.15, -0.1) is 0 Å². The van der Waals surface area contributed by atoms with Crippen LogP contribution in [-0.2, 0) is 0 Å². The van der Waals surface area contributed by atoms with Crippen molar-refractivity contribution in [2.45, 2.75) is 44.8 Å². The lowest BCUT2D eigenvalue weighted by atomic mass is 10.1. The molecule has 0 radical (unpaired) electrons. The number of nitrogens with one attached hydrogen (secondary N) is 2. The summed E-state index contributed by atoms with van der Waals surface area (Å²) in [5, 5.41) is 5.82. The molecule has 1 fully saturated rings. The first-order chi connectivity index (χ1) is 13.0. The second kappa shape index (κ2) is 9.13. The number of amides is 2. The average molecular weight is 433 g/mol. The highest BCUT2D eigenvalue weighted by Gasteiger charge is 2.19. The molecular weight excluding hydrogens is 408 g/mol. The Morgan fingerprint density at radius 2 is 1.81 bits per heavy atom. The Balaban J connectivity index is 1.63. The quantitative estimate of drug-likeness (QED) is 0.618. The van der Waals surface area contributed by atoms with E-state index in [4.69, 9.17) is 9.47 Å².